The van der Waals surface area contributed by atoms with Crippen LogP contribution in [0.3, 0.4) is 0 Å². The van der Waals surface area contributed by atoms with Crippen molar-refractivity contribution in [1.29, 1.82) is 0 Å². The monoisotopic (exact) mass is 371 g/mol. The largest absolute Gasteiger partial charge is 0.573 e. The average molecular weight is 371 g/mol. The van der Waals surface area contributed by atoms with Crippen molar-refractivity contribution in [3.8, 4) is 5.75 Å². The molecular weight excluding hydrogens is 364 g/mol. The molecule has 0 heterocycles. The molecule has 0 bridgehead atoms. The normalized spacial score (nSPS) is 12.1. The van der Waals surface area contributed by atoms with Gasteiger partial charge >= 0.3 is 6.36 Å². The lowest BCUT2D eigenvalue weighted by molar-refractivity contribution is -0.274. The van der Waals surface area contributed by atoms with Gasteiger partial charge in [0.25, 0.3) is 10.0 Å². The Balaban J connectivity index is 2.24. The average Bonchev–Trinajstić information content (AvgIpc) is 2.43. The molecule has 0 aliphatic carbocycles. The second kappa shape index (κ2) is 6.23. The molecule has 0 aliphatic rings. The molecule has 2 aromatic rings. The second-order valence-corrected chi connectivity index (χ2v) is 6.06. The fourth-order valence-corrected chi connectivity index (χ4v) is 2.69. The lowest BCUT2D eigenvalue weighted by Crippen LogP contribution is -2.17. The molecule has 0 atom stereocenters. The maximum atomic E-state index is 13.1. The van der Waals surface area contributed by atoms with Crippen molar-refractivity contribution in [3.63, 3.8) is 0 Å². The first kappa shape index (κ1) is 17.9. The third kappa shape index (κ3) is 4.31. The molecular formula is C13H7F6NO3S. The van der Waals surface area contributed by atoms with Crippen molar-refractivity contribution >= 4 is 15.7 Å². The van der Waals surface area contributed by atoms with Gasteiger partial charge in [0.1, 0.15) is 5.75 Å². The lowest BCUT2D eigenvalue weighted by Gasteiger charge is -2.11. The van der Waals surface area contributed by atoms with Gasteiger partial charge in [0.05, 0.1) is 10.6 Å². The van der Waals surface area contributed by atoms with Crippen LogP contribution in [0.15, 0.2) is 41.3 Å². The van der Waals surface area contributed by atoms with Gasteiger partial charge in [-0.2, -0.15) is 0 Å². The Kier molecular flexibility index (Phi) is 4.65. The predicted molar refractivity (Wildman–Crippen MR) is 70.2 cm³/mol. The van der Waals surface area contributed by atoms with Crippen LogP contribution in [0, 0.1) is 17.5 Å². The van der Waals surface area contributed by atoms with Gasteiger partial charge in [-0.3, -0.25) is 4.72 Å². The number of sulfonamides is 1. The van der Waals surface area contributed by atoms with E-state index in [1.807, 2.05) is 0 Å². The molecule has 0 saturated heterocycles. The van der Waals surface area contributed by atoms with Crippen molar-refractivity contribution in [2.24, 2.45) is 0 Å². The van der Waals surface area contributed by atoms with Crippen molar-refractivity contribution in [3.05, 3.63) is 53.8 Å². The lowest BCUT2D eigenvalue weighted by atomic mass is 10.3. The minimum absolute atomic E-state index is 0.414. The zero-order valence-electron chi connectivity index (χ0n) is 11.4. The minimum Gasteiger partial charge on any atom is -0.406 e. The standard InChI is InChI=1S/C13H7F6NO3S/c14-10-5-7(6-11(15)12(10)16)20-24(21,22)9-3-1-8(2-4-9)23-13(17,18)19/h1-6,20H. The first-order valence-electron chi connectivity index (χ1n) is 6.01. The number of hydrogen-bond donors (Lipinski definition) is 1. The summed E-state index contributed by atoms with van der Waals surface area (Å²) >= 11 is 0. The molecule has 11 heteroatoms. The number of alkyl halides is 3. The Labute approximate surface area is 131 Å². The Morgan fingerprint density at radius 2 is 1.42 bits per heavy atom. The van der Waals surface area contributed by atoms with Gasteiger partial charge in [0.2, 0.25) is 0 Å². The SMILES string of the molecule is O=S(=O)(Nc1cc(F)c(F)c(F)c1)c1ccc(OC(F)(F)F)cc1. The van der Waals surface area contributed by atoms with Crippen LogP contribution >= 0.6 is 0 Å². The van der Waals surface area contributed by atoms with Crippen LogP contribution in [0.25, 0.3) is 0 Å². The fourth-order valence-electron chi connectivity index (χ4n) is 1.65. The van der Waals surface area contributed by atoms with Crippen molar-refractivity contribution in [1.82, 2.24) is 0 Å². The van der Waals surface area contributed by atoms with E-state index in [4.69, 9.17) is 0 Å². The summed E-state index contributed by atoms with van der Waals surface area (Å²) in [5.41, 5.74) is -0.595. The molecule has 0 spiro atoms. The van der Waals surface area contributed by atoms with E-state index in [0.717, 1.165) is 24.3 Å². The van der Waals surface area contributed by atoms with Gasteiger partial charge < -0.3 is 4.74 Å². The summed E-state index contributed by atoms with van der Waals surface area (Å²) in [4.78, 5) is -0.498. The third-order valence-electron chi connectivity index (χ3n) is 2.60. The maximum absolute atomic E-state index is 13.1. The van der Waals surface area contributed by atoms with Gasteiger partial charge in [-0.05, 0) is 24.3 Å². The first-order valence-corrected chi connectivity index (χ1v) is 7.49. The molecule has 0 saturated carbocycles. The number of anilines is 1. The highest BCUT2D eigenvalue weighted by Crippen LogP contribution is 2.25. The predicted octanol–water partition coefficient (Wildman–Crippen LogP) is 3.80. The van der Waals surface area contributed by atoms with E-state index in [9.17, 15) is 34.8 Å². The third-order valence-corrected chi connectivity index (χ3v) is 4.00. The van der Waals surface area contributed by atoms with Crippen molar-refractivity contribution < 1.29 is 39.5 Å². The number of ether oxygens (including phenoxy) is 1. The maximum Gasteiger partial charge on any atom is 0.573 e. The highest BCUT2D eigenvalue weighted by atomic mass is 32.2. The molecule has 0 fully saturated rings. The van der Waals surface area contributed by atoms with Crippen LogP contribution in [0.2, 0.25) is 0 Å². The molecule has 0 radical (unpaired) electrons. The van der Waals surface area contributed by atoms with Gasteiger partial charge in [-0.15, -0.1) is 13.2 Å². The van der Waals surface area contributed by atoms with Crippen LogP contribution in [0.1, 0.15) is 0 Å². The van der Waals surface area contributed by atoms with Crippen molar-refractivity contribution in [2.45, 2.75) is 11.3 Å². The molecule has 2 rings (SSSR count). The van der Waals surface area contributed by atoms with Gasteiger partial charge in [-0.25, -0.2) is 21.6 Å². The zero-order chi connectivity index (χ0) is 18.1. The molecule has 4 nitrogen and oxygen atoms in total. The summed E-state index contributed by atoms with van der Waals surface area (Å²) in [7, 11) is -4.36. The smallest absolute Gasteiger partial charge is 0.406 e. The summed E-state index contributed by atoms with van der Waals surface area (Å²) in [6, 6.07) is 3.90. The summed E-state index contributed by atoms with van der Waals surface area (Å²) < 4.78 is 104. The van der Waals surface area contributed by atoms with Gasteiger partial charge in [0.15, 0.2) is 17.5 Å². The minimum atomic E-state index is -4.94. The van der Waals surface area contributed by atoms with E-state index in [1.165, 1.54) is 0 Å². The molecule has 24 heavy (non-hydrogen) atoms. The molecule has 0 amide bonds. The highest BCUT2D eigenvalue weighted by Gasteiger charge is 2.31. The van der Waals surface area contributed by atoms with E-state index < -0.39 is 50.2 Å². The second-order valence-electron chi connectivity index (χ2n) is 4.38. The quantitative estimate of drug-likeness (QED) is 0.657. The van der Waals surface area contributed by atoms with E-state index in [2.05, 4.69) is 4.74 Å². The fraction of sp³-hybridized carbons (Fsp3) is 0.0769. The topological polar surface area (TPSA) is 55.4 Å². The Morgan fingerprint density at radius 3 is 1.88 bits per heavy atom. The van der Waals surface area contributed by atoms with Crippen LogP contribution < -0.4 is 9.46 Å². The number of hydrogen-bond acceptors (Lipinski definition) is 3. The van der Waals surface area contributed by atoms with Crippen LogP contribution in [0.4, 0.5) is 32.0 Å². The van der Waals surface area contributed by atoms with Crippen molar-refractivity contribution in [2.75, 3.05) is 4.72 Å². The number of rotatable bonds is 4. The summed E-state index contributed by atoms with van der Waals surface area (Å²) in [5, 5.41) is 0. The molecule has 1 N–H and O–H groups in total. The Bertz CT molecular complexity index is 826. The zero-order valence-corrected chi connectivity index (χ0v) is 12.2. The van der Waals surface area contributed by atoms with Gasteiger partial charge in [-0.1, -0.05) is 0 Å². The van der Waals surface area contributed by atoms with Gasteiger partial charge in [0, 0.05) is 12.1 Å². The Morgan fingerprint density at radius 1 is 0.917 bits per heavy atom. The number of halogens is 6. The summed E-state index contributed by atoms with van der Waals surface area (Å²) in [6.07, 6.45) is -4.94. The Hall–Kier alpha value is -2.43. The van der Waals surface area contributed by atoms with Crippen LogP contribution in [-0.2, 0) is 10.0 Å². The molecule has 0 aliphatic heterocycles. The van der Waals surface area contributed by atoms with E-state index in [0.29, 0.717) is 12.1 Å². The molecule has 130 valence electrons. The first-order chi connectivity index (χ1) is 11.0. The number of nitrogens with one attached hydrogen (secondary N) is 1. The summed E-state index contributed by atoms with van der Waals surface area (Å²) in [6.45, 7) is 0. The van der Waals surface area contributed by atoms with E-state index >= 15 is 0 Å². The van der Waals surface area contributed by atoms with Crippen LogP contribution in [-0.4, -0.2) is 14.8 Å². The summed E-state index contributed by atoms with van der Waals surface area (Å²) in [5.74, 6) is -5.64. The van der Waals surface area contributed by atoms with E-state index in [-0.39, 0.29) is 0 Å². The highest BCUT2D eigenvalue weighted by molar-refractivity contribution is 7.92. The van der Waals surface area contributed by atoms with Crippen LogP contribution in [0.5, 0.6) is 5.75 Å². The molecule has 0 unspecified atom stereocenters. The number of benzene rings is 2. The van der Waals surface area contributed by atoms with E-state index in [1.54, 1.807) is 4.72 Å². The molecule has 2 aromatic carbocycles. The molecule has 0 aromatic heterocycles.